The molecule has 0 atom stereocenters. The first-order valence-corrected chi connectivity index (χ1v) is 8.77. The van der Waals surface area contributed by atoms with Crippen LogP contribution in [0.4, 0.5) is 10.8 Å². The molecule has 0 aliphatic rings. The number of hydrogen-bond donors (Lipinski definition) is 0. The molecule has 0 saturated carbocycles. The summed E-state index contributed by atoms with van der Waals surface area (Å²) in [7, 11) is 0. The molecule has 0 aliphatic carbocycles. The van der Waals surface area contributed by atoms with Gasteiger partial charge in [-0.25, -0.2) is 4.98 Å². The van der Waals surface area contributed by atoms with Crippen LogP contribution in [-0.2, 0) is 4.79 Å². The fourth-order valence-corrected chi connectivity index (χ4v) is 3.15. The summed E-state index contributed by atoms with van der Waals surface area (Å²) >= 11 is 1.39. The Morgan fingerprint density at radius 2 is 1.88 bits per heavy atom. The second-order valence-electron chi connectivity index (χ2n) is 5.22. The first kappa shape index (κ1) is 17.6. The summed E-state index contributed by atoms with van der Waals surface area (Å²) < 4.78 is 5.48. The van der Waals surface area contributed by atoms with Gasteiger partial charge in [0.1, 0.15) is 12.4 Å². The lowest BCUT2D eigenvalue weighted by Crippen LogP contribution is -2.23. The highest BCUT2D eigenvalue weighted by atomic mass is 32.1. The molecule has 3 rings (SSSR count). The zero-order valence-corrected chi connectivity index (χ0v) is 14.9. The van der Waals surface area contributed by atoms with Gasteiger partial charge in [0, 0.05) is 23.3 Å². The standard InChI is InChI=1S/C20H17N3O2S/c1-3-13-25-17-7-5-16(6-8-17)23(19(24)4-2)20-22-18(14-26-20)15-9-11-21-12-10-15/h3-12,14H,1-2,13H2. The summed E-state index contributed by atoms with van der Waals surface area (Å²) in [6.07, 6.45) is 6.37. The monoisotopic (exact) mass is 363 g/mol. The zero-order chi connectivity index (χ0) is 18.4. The van der Waals surface area contributed by atoms with Gasteiger partial charge in [-0.1, -0.05) is 19.2 Å². The van der Waals surface area contributed by atoms with E-state index in [9.17, 15) is 4.79 Å². The van der Waals surface area contributed by atoms with Gasteiger partial charge < -0.3 is 4.74 Å². The average molecular weight is 363 g/mol. The molecule has 1 amide bonds. The van der Waals surface area contributed by atoms with Crippen LogP contribution in [0, 0.1) is 0 Å². The van der Waals surface area contributed by atoms with Crippen LogP contribution in [0.5, 0.6) is 5.75 Å². The second kappa shape index (κ2) is 8.22. The number of rotatable bonds is 7. The summed E-state index contributed by atoms with van der Waals surface area (Å²) in [4.78, 5) is 22.6. The molecule has 0 bridgehead atoms. The van der Waals surface area contributed by atoms with Crippen LogP contribution in [0.25, 0.3) is 11.3 Å². The van der Waals surface area contributed by atoms with E-state index in [2.05, 4.69) is 23.1 Å². The van der Waals surface area contributed by atoms with Crippen molar-refractivity contribution in [2.24, 2.45) is 0 Å². The minimum atomic E-state index is -0.250. The molecule has 0 aliphatic heterocycles. The Kier molecular flexibility index (Phi) is 5.56. The van der Waals surface area contributed by atoms with E-state index in [0.29, 0.717) is 23.2 Å². The number of benzene rings is 1. The van der Waals surface area contributed by atoms with Gasteiger partial charge in [0.05, 0.1) is 11.4 Å². The van der Waals surface area contributed by atoms with Crippen LogP contribution in [0.1, 0.15) is 0 Å². The quantitative estimate of drug-likeness (QED) is 0.454. The molecule has 1 aromatic carbocycles. The average Bonchev–Trinajstić information content (AvgIpc) is 3.17. The molecule has 0 fully saturated rings. The molecule has 0 spiro atoms. The lowest BCUT2D eigenvalue weighted by atomic mass is 10.2. The third kappa shape index (κ3) is 3.87. The van der Waals surface area contributed by atoms with Gasteiger partial charge in [0.25, 0.3) is 5.91 Å². The number of nitrogens with zero attached hydrogens (tertiary/aromatic N) is 3. The Hall–Kier alpha value is -3.25. The highest BCUT2D eigenvalue weighted by molar-refractivity contribution is 7.14. The van der Waals surface area contributed by atoms with E-state index in [1.165, 1.54) is 22.3 Å². The fraction of sp³-hybridized carbons (Fsp3) is 0.0500. The van der Waals surface area contributed by atoms with E-state index < -0.39 is 0 Å². The van der Waals surface area contributed by atoms with Gasteiger partial charge >= 0.3 is 0 Å². The molecule has 2 aromatic heterocycles. The summed E-state index contributed by atoms with van der Waals surface area (Å²) in [6.45, 7) is 7.65. The second-order valence-corrected chi connectivity index (χ2v) is 6.06. The first-order valence-electron chi connectivity index (χ1n) is 7.89. The van der Waals surface area contributed by atoms with E-state index >= 15 is 0 Å². The topological polar surface area (TPSA) is 55.3 Å². The van der Waals surface area contributed by atoms with Crippen molar-refractivity contribution in [1.82, 2.24) is 9.97 Å². The molecular weight excluding hydrogens is 346 g/mol. The van der Waals surface area contributed by atoms with Crippen molar-refractivity contribution < 1.29 is 9.53 Å². The van der Waals surface area contributed by atoms with E-state index in [-0.39, 0.29) is 5.91 Å². The minimum absolute atomic E-state index is 0.250. The molecule has 26 heavy (non-hydrogen) atoms. The van der Waals surface area contributed by atoms with Gasteiger partial charge in [0.15, 0.2) is 5.13 Å². The number of pyridine rings is 1. The predicted octanol–water partition coefficient (Wildman–Crippen LogP) is 4.62. The van der Waals surface area contributed by atoms with Gasteiger partial charge in [-0.2, -0.15) is 0 Å². The number of aromatic nitrogens is 2. The normalized spacial score (nSPS) is 10.2. The highest BCUT2D eigenvalue weighted by Gasteiger charge is 2.19. The van der Waals surface area contributed by atoms with Crippen molar-refractivity contribution in [2.75, 3.05) is 11.5 Å². The molecule has 0 radical (unpaired) electrons. The van der Waals surface area contributed by atoms with Crippen LogP contribution in [0.3, 0.4) is 0 Å². The summed E-state index contributed by atoms with van der Waals surface area (Å²) in [5.41, 5.74) is 2.43. The molecule has 6 heteroatoms. The van der Waals surface area contributed by atoms with Crippen LogP contribution < -0.4 is 9.64 Å². The van der Waals surface area contributed by atoms with Crippen LogP contribution in [0.15, 0.2) is 79.5 Å². The first-order chi connectivity index (χ1) is 12.7. The maximum atomic E-state index is 12.4. The van der Waals surface area contributed by atoms with Gasteiger partial charge in [-0.15, -0.1) is 11.3 Å². The Morgan fingerprint density at radius 1 is 1.15 bits per heavy atom. The third-order valence-electron chi connectivity index (χ3n) is 3.52. The maximum absolute atomic E-state index is 12.4. The molecule has 0 saturated heterocycles. The van der Waals surface area contributed by atoms with Crippen molar-refractivity contribution in [3.63, 3.8) is 0 Å². The molecule has 130 valence electrons. The van der Waals surface area contributed by atoms with Crippen molar-refractivity contribution in [2.45, 2.75) is 0 Å². The zero-order valence-electron chi connectivity index (χ0n) is 14.0. The number of carbonyl (C=O) groups is 1. The number of ether oxygens (including phenoxy) is 1. The number of anilines is 2. The van der Waals surface area contributed by atoms with E-state index in [4.69, 9.17) is 4.74 Å². The number of amides is 1. The third-order valence-corrected chi connectivity index (χ3v) is 4.34. The van der Waals surface area contributed by atoms with Crippen molar-refractivity contribution in [1.29, 1.82) is 0 Å². The molecule has 5 nitrogen and oxygen atoms in total. The summed E-state index contributed by atoms with van der Waals surface area (Å²) in [5.74, 6) is 0.455. The molecule has 0 N–H and O–H groups in total. The SMILES string of the molecule is C=CCOc1ccc(N(C(=O)C=C)c2nc(-c3ccncc3)cs2)cc1. The Morgan fingerprint density at radius 3 is 2.54 bits per heavy atom. The van der Waals surface area contributed by atoms with Crippen molar-refractivity contribution >= 4 is 28.1 Å². The minimum Gasteiger partial charge on any atom is -0.490 e. The largest absolute Gasteiger partial charge is 0.490 e. The Bertz CT molecular complexity index is 904. The Labute approximate surface area is 155 Å². The molecule has 2 heterocycles. The van der Waals surface area contributed by atoms with Crippen LogP contribution in [0.2, 0.25) is 0 Å². The van der Waals surface area contributed by atoms with Crippen molar-refractivity contribution in [3.8, 4) is 17.0 Å². The van der Waals surface area contributed by atoms with E-state index in [1.54, 1.807) is 30.6 Å². The lowest BCUT2D eigenvalue weighted by molar-refractivity contribution is -0.113. The number of thiazole rings is 1. The van der Waals surface area contributed by atoms with E-state index in [0.717, 1.165) is 11.3 Å². The molecular formula is C20H17N3O2S. The predicted molar refractivity (Wildman–Crippen MR) is 105 cm³/mol. The number of hydrogen-bond acceptors (Lipinski definition) is 5. The van der Waals surface area contributed by atoms with Crippen molar-refractivity contribution in [3.05, 3.63) is 79.5 Å². The number of carbonyl (C=O) groups excluding carboxylic acids is 1. The summed E-state index contributed by atoms with van der Waals surface area (Å²) in [5, 5.41) is 2.48. The van der Waals surface area contributed by atoms with Gasteiger partial charge in [0.2, 0.25) is 0 Å². The summed E-state index contributed by atoms with van der Waals surface area (Å²) in [6, 6.07) is 11.0. The highest BCUT2D eigenvalue weighted by Crippen LogP contribution is 2.33. The smallest absolute Gasteiger partial charge is 0.256 e. The van der Waals surface area contributed by atoms with Crippen LogP contribution in [-0.4, -0.2) is 22.5 Å². The van der Waals surface area contributed by atoms with Gasteiger partial charge in [-0.05, 0) is 42.5 Å². The Balaban J connectivity index is 1.92. The van der Waals surface area contributed by atoms with E-state index in [1.807, 2.05) is 29.6 Å². The lowest BCUT2D eigenvalue weighted by Gasteiger charge is -2.18. The fourth-order valence-electron chi connectivity index (χ4n) is 2.29. The molecule has 0 unspecified atom stereocenters. The van der Waals surface area contributed by atoms with Gasteiger partial charge in [-0.3, -0.25) is 14.7 Å². The maximum Gasteiger partial charge on any atom is 0.256 e. The molecule has 3 aromatic rings. The van der Waals surface area contributed by atoms with Crippen LogP contribution >= 0.6 is 11.3 Å².